The van der Waals surface area contributed by atoms with Crippen molar-refractivity contribution in [2.75, 3.05) is 13.2 Å². The smallest absolute Gasteiger partial charge is 0.305 e. The van der Waals surface area contributed by atoms with Gasteiger partial charge in [0.05, 0.1) is 18.8 Å². The highest BCUT2D eigenvalue weighted by Gasteiger charge is 2.19. The van der Waals surface area contributed by atoms with Crippen molar-refractivity contribution in [2.45, 2.75) is 226 Å². The summed E-state index contributed by atoms with van der Waals surface area (Å²) in [7, 11) is 0. The van der Waals surface area contributed by atoms with Gasteiger partial charge in [-0.2, -0.15) is 0 Å². The Hall–Kier alpha value is -0.610. The normalized spacial score (nSPS) is 13.0. The minimum absolute atomic E-state index is 0.00319. The lowest BCUT2D eigenvalue weighted by Crippen LogP contribution is -2.29. The molecular formula is C38H76O4. The highest BCUT2D eigenvalue weighted by Crippen LogP contribution is 2.19. The van der Waals surface area contributed by atoms with E-state index in [-0.39, 0.29) is 18.2 Å². The maximum absolute atomic E-state index is 12.0. The Kier molecular flexibility index (Phi) is 34.4. The zero-order valence-corrected chi connectivity index (χ0v) is 29.0. The molecular weight excluding hydrogens is 520 g/mol. The van der Waals surface area contributed by atoms with Crippen LogP contribution in [0.3, 0.4) is 0 Å². The lowest BCUT2D eigenvalue weighted by Gasteiger charge is -2.24. The molecule has 2 atom stereocenters. The van der Waals surface area contributed by atoms with Crippen molar-refractivity contribution < 1.29 is 19.4 Å². The fourth-order valence-corrected chi connectivity index (χ4v) is 5.82. The Bertz CT molecular complexity index is 523. The second-order valence-corrected chi connectivity index (χ2v) is 13.0. The third-order valence-corrected chi connectivity index (χ3v) is 8.74. The highest BCUT2D eigenvalue weighted by atomic mass is 16.5. The van der Waals surface area contributed by atoms with Crippen LogP contribution in [0.1, 0.15) is 213 Å². The van der Waals surface area contributed by atoms with Crippen LogP contribution in [-0.2, 0) is 14.3 Å². The van der Waals surface area contributed by atoms with E-state index >= 15 is 0 Å². The van der Waals surface area contributed by atoms with E-state index in [4.69, 9.17) is 9.47 Å². The van der Waals surface area contributed by atoms with Gasteiger partial charge in [0, 0.05) is 13.0 Å². The molecule has 0 aliphatic heterocycles. The number of esters is 1. The van der Waals surface area contributed by atoms with Gasteiger partial charge in [0.1, 0.15) is 0 Å². The van der Waals surface area contributed by atoms with E-state index in [9.17, 15) is 9.90 Å². The number of hydrogen-bond donors (Lipinski definition) is 1. The summed E-state index contributed by atoms with van der Waals surface area (Å²) in [5, 5.41) is 10.9. The molecule has 0 aliphatic rings. The highest BCUT2D eigenvalue weighted by molar-refractivity contribution is 5.69. The van der Waals surface area contributed by atoms with Crippen molar-refractivity contribution in [3.8, 4) is 0 Å². The average molecular weight is 597 g/mol. The van der Waals surface area contributed by atoms with Crippen LogP contribution < -0.4 is 0 Å². The largest absolute Gasteiger partial charge is 0.466 e. The van der Waals surface area contributed by atoms with Crippen molar-refractivity contribution in [1.29, 1.82) is 0 Å². The molecule has 0 bridgehead atoms. The first-order valence-corrected chi connectivity index (χ1v) is 19.1. The first-order chi connectivity index (χ1) is 20.7. The maximum Gasteiger partial charge on any atom is 0.305 e. The zero-order valence-electron chi connectivity index (χ0n) is 29.0. The van der Waals surface area contributed by atoms with E-state index < -0.39 is 0 Å². The van der Waals surface area contributed by atoms with Crippen LogP contribution in [0, 0.1) is 0 Å². The molecule has 4 nitrogen and oxygen atoms in total. The number of aliphatic hydroxyl groups excluding tert-OH is 1. The standard InChI is InChI=1S/C38H76O4/c1-4-7-10-13-16-18-24-29-34-41-37(32-27-22-15-12-9-6-3)36(39)31-26-21-20-23-28-33-38(40)42-35-30-25-19-17-14-11-8-5-2/h36-37,39H,4-35H2,1-3H3. The summed E-state index contributed by atoms with van der Waals surface area (Å²) < 4.78 is 11.7. The molecule has 0 amide bonds. The summed E-state index contributed by atoms with van der Waals surface area (Å²) in [6.45, 7) is 8.17. The van der Waals surface area contributed by atoms with Crippen LogP contribution >= 0.6 is 0 Å². The summed E-state index contributed by atoms with van der Waals surface area (Å²) in [4.78, 5) is 12.0. The van der Waals surface area contributed by atoms with Gasteiger partial charge in [-0.15, -0.1) is 0 Å². The number of ether oxygens (including phenoxy) is 2. The van der Waals surface area contributed by atoms with Crippen molar-refractivity contribution in [3.05, 3.63) is 0 Å². The molecule has 0 aromatic carbocycles. The summed E-state index contributed by atoms with van der Waals surface area (Å²) in [6.07, 6.45) is 35.6. The molecule has 0 saturated carbocycles. The molecule has 2 unspecified atom stereocenters. The molecule has 0 saturated heterocycles. The van der Waals surface area contributed by atoms with E-state index in [1.165, 1.54) is 122 Å². The van der Waals surface area contributed by atoms with Gasteiger partial charge in [-0.3, -0.25) is 4.79 Å². The van der Waals surface area contributed by atoms with Gasteiger partial charge in [0.2, 0.25) is 0 Å². The van der Waals surface area contributed by atoms with Crippen LogP contribution in [0.15, 0.2) is 0 Å². The Balaban J connectivity index is 3.93. The molecule has 0 rings (SSSR count). The number of aliphatic hydroxyl groups is 1. The molecule has 0 spiro atoms. The lowest BCUT2D eigenvalue weighted by molar-refractivity contribution is -0.143. The molecule has 0 fully saturated rings. The van der Waals surface area contributed by atoms with Crippen molar-refractivity contribution in [2.24, 2.45) is 0 Å². The predicted octanol–water partition coefficient (Wildman–Crippen LogP) is 12.0. The Labute approximate surface area is 263 Å². The zero-order chi connectivity index (χ0) is 30.8. The van der Waals surface area contributed by atoms with E-state index in [0.717, 1.165) is 70.8 Å². The third kappa shape index (κ3) is 30.8. The predicted molar refractivity (Wildman–Crippen MR) is 182 cm³/mol. The van der Waals surface area contributed by atoms with E-state index in [1.807, 2.05) is 0 Å². The second kappa shape index (κ2) is 34.9. The Morgan fingerprint density at radius 1 is 0.476 bits per heavy atom. The molecule has 1 N–H and O–H groups in total. The van der Waals surface area contributed by atoms with E-state index in [0.29, 0.717) is 13.0 Å². The molecule has 0 radical (unpaired) electrons. The molecule has 0 aromatic heterocycles. The number of unbranched alkanes of at least 4 members (excludes halogenated alkanes) is 23. The van der Waals surface area contributed by atoms with Gasteiger partial charge in [-0.05, 0) is 32.1 Å². The minimum atomic E-state index is -0.346. The van der Waals surface area contributed by atoms with Crippen LogP contribution in [0.4, 0.5) is 0 Å². The fraction of sp³-hybridized carbons (Fsp3) is 0.974. The number of rotatable bonds is 35. The van der Waals surface area contributed by atoms with Crippen molar-refractivity contribution >= 4 is 5.97 Å². The van der Waals surface area contributed by atoms with Crippen LogP contribution in [-0.4, -0.2) is 36.5 Å². The van der Waals surface area contributed by atoms with Gasteiger partial charge in [0.25, 0.3) is 0 Å². The van der Waals surface area contributed by atoms with Gasteiger partial charge < -0.3 is 14.6 Å². The number of carbonyl (C=O) groups excluding carboxylic acids is 1. The third-order valence-electron chi connectivity index (χ3n) is 8.74. The van der Waals surface area contributed by atoms with Crippen LogP contribution in [0.2, 0.25) is 0 Å². The quantitative estimate of drug-likeness (QED) is 0.0584. The van der Waals surface area contributed by atoms with E-state index in [1.54, 1.807) is 0 Å². The summed E-state index contributed by atoms with van der Waals surface area (Å²) in [6, 6.07) is 0. The van der Waals surface area contributed by atoms with Crippen molar-refractivity contribution in [1.82, 2.24) is 0 Å². The average Bonchev–Trinajstić information content (AvgIpc) is 2.99. The van der Waals surface area contributed by atoms with E-state index in [2.05, 4.69) is 20.8 Å². The monoisotopic (exact) mass is 597 g/mol. The SMILES string of the molecule is CCCCCCCCCCOC(=O)CCCCCCCC(O)C(CCCCCCCC)OCCCCCCCCCC. The summed E-state index contributed by atoms with van der Waals surface area (Å²) >= 11 is 0. The Morgan fingerprint density at radius 2 is 0.857 bits per heavy atom. The lowest BCUT2D eigenvalue weighted by atomic mass is 9.99. The van der Waals surface area contributed by atoms with Gasteiger partial charge in [-0.25, -0.2) is 0 Å². The van der Waals surface area contributed by atoms with Gasteiger partial charge >= 0.3 is 5.97 Å². The minimum Gasteiger partial charge on any atom is -0.466 e. The number of carbonyl (C=O) groups is 1. The summed E-state index contributed by atoms with van der Waals surface area (Å²) in [5.74, 6) is -0.0282. The van der Waals surface area contributed by atoms with Gasteiger partial charge in [0.15, 0.2) is 0 Å². The second-order valence-electron chi connectivity index (χ2n) is 13.0. The molecule has 0 aromatic rings. The first kappa shape index (κ1) is 41.4. The fourth-order valence-electron chi connectivity index (χ4n) is 5.82. The molecule has 252 valence electrons. The molecule has 0 heterocycles. The molecule has 0 aliphatic carbocycles. The van der Waals surface area contributed by atoms with Gasteiger partial charge in [-0.1, -0.05) is 175 Å². The van der Waals surface area contributed by atoms with Crippen molar-refractivity contribution in [3.63, 3.8) is 0 Å². The molecule has 42 heavy (non-hydrogen) atoms. The first-order valence-electron chi connectivity index (χ1n) is 19.1. The van der Waals surface area contributed by atoms with Crippen LogP contribution in [0.5, 0.6) is 0 Å². The number of hydrogen-bond acceptors (Lipinski definition) is 4. The van der Waals surface area contributed by atoms with Crippen LogP contribution in [0.25, 0.3) is 0 Å². The topological polar surface area (TPSA) is 55.8 Å². The molecule has 4 heteroatoms. The maximum atomic E-state index is 12.0. The summed E-state index contributed by atoms with van der Waals surface area (Å²) in [5.41, 5.74) is 0. The Morgan fingerprint density at radius 3 is 1.36 bits per heavy atom.